The van der Waals surface area contributed by atoms with E-state index in [-0.39, 0.29) is 22.3 Å². The van der Waals surface area contributed by atoms with Gasteiger partial charge in [-0.1, -0.05) is 6.92 Å². The number of aliphatic imine (C=N–C) groups is 1. The van der Waals surface area contributed by atoms with Gasteiger partial charge in [0.05, 0.1) is 14.2 Å². The van der Waals surface area contributed by atoms with Crippen LogP contribution in [0.15, 0.2) is 28.0 Å². The van der Waals surface area contributed by atoms with Crippen molar-refractivity contribution in [2.45, 2.75) is 26.3 Å². The van der Waals surface area contributed by atoms with Gasteiger partial charge >= 0.3 is 0 Å². The summed E-state index contributed by atoms with van der Waals surface area (Å²) in [6, 6.07) is 5.06. The molecule has 0 aliphatic heterocycles. The molecule has 2 aromatic rings. The number of nitrogens with zero attached hydrogens (tertiary/aromatic N) is 2. The second-order valence-electron chi connectivity index (χ2n) is 5.42. The van der Waals surface area contributed by atoms with E-state index in [0.717, 1.165) is 6.42 Å². The van der Waals surface area contributed by atoms with E-state index in [1.807, 2.05) is 13.8 Å². The lowest BCUT2D eigenvalue weighted by atomic mass is 10.2. The van der Waals surface area contributed by atoms with Crippen molar-refractivity contribution in [2.75, 3.05) is 14.2 Å². The molecule has 0 amide bonds. The molecule has 0 saturated heterocycles. The Morgan fingerprint density at radius 1 is 1.40 bits per heavy atom. The lowest BCUT2D eigenvalue weighted by Crippen LogP contribution is -2.20. The molecule has 7 nitrogen and oxygen atoms in total. The van der Waals surface area contributed by atoms with Crippen LogP contribution in [0.3, 0.4) is 0 Å². The lowest BCUT2D eigenvalue weighted by Gasteiger charge is -2.16. The third kappa shape index (κ3) is 3.90. The van der Waals surface area contributed by atoms with Crippen LogP contribution in [0.4, 0.5) is 5.69 Å². The van der Waals surface area contributed by atoms with Gasteiger partial charge < -0.3 is 14.6 Å². The van der Waals surface area contributed by atoms with E-state index in [9.17, 15) is 9.90 Å². The van der Waals surface area contributed by atoms with Crippen molar-refractivity contribution in [1.82, 2.24) is 9.55 Å². The fourth-order valence-corrected chi connectivity index (χ4v) is 2.65. The highest BCUT2D eigenvalue weighted by atomic mass is 32.1. The summed E-state index contributed by atoms with van der Waals surface area (Å²) in [5.74, 6) is 0.901. The van der Waals surface area contributed by atoms with Crippen LogP contribution >= 0.6 is 12.2 Å². The van der Waals surface area contributed by atoms with Gasteiger partial charge in [0.15, 0.2) is 4.77 Å². The maximum atomic E-state index is 12.2. The van der Waals surface area contributed by atoms with Crippen LogP contribution in [-0.2, 0) is 0 Å². The number of nitrogens with one attached hydrogen (secondary N) is 1. The Morgan fingerprint density at radius 2 is 2.12 bits per heavy atom. The molecule has 2 rings (SSSR count). The first kappa shape index (κ1) is 18.7. The van der Waals surface area contributed by atoms with Gasteiger partial charge in [-0.3, -0.25) is 19.3 Å². The number of benzene rings is 1. The first-order chi connectivity index (χ1) is 11.9. The zero-order valence-corrected chi connectivity index (χ0v) is 15.4. The van der Waals surface area contributed by atoms with Crippen molar-refractivity contribution in [3.8, 4) is 17.4 Å². The van der Waals surface area contributed by atoms with Gasteiger partial charge in [0.1, 0.15) is 22.7 Å². The minimum absolute atomic E-state index is 0.0266. The predicted octanol–water partition coefficient (Wildman–Crippen LogP) is 3.35. The van der Waals surface area contributed by atoms with Crippen molar-refractivity contribution in [2.24, 2.45) is 4.99 Å². The summed E-state index contributed by atoms with van der Waals surface area (Å²) in [7, 11) is 3.07. The van der Waals surface area contributed by atoms with Crippen molar-refractivity contribution in [3.05, 3.63) is 38.9 Å². The Morgan fingerprint density at radius 3 is 2.72 bits per heavy atom. The Labute approximate surface area is 150 Å². The molecule has 0 fully saturated rings. The summed E-state index contributed by atoms with van der Waals surface area (Å²) in [5, 5.41) is 10.5. The smallest absolute Gasteiger partial charge is 0.264 e. The third-order valence-electron chi connectivity index (χ3n) is 3.90. The summed E-state index contributed by atoms with van der Waals surface area (Å²) in [5.41, 5.74) is -0.00960. The number of methoxy groups -OCH3 is 2. The Hall–Kier alpha value is -2.61. The van der Waals surface area contributed by atoms with Crippen molar-refractivity contribution >= 4 is 24.1 Å². The zero-order chi connectivity index (χ0) is 18.6. The monoisotopic (exact) mass is 363 g/mol. The molecule has 0 aliphatic carbocycles. The van der Waals surface area contributed by atoms with Crippen molar-refractivity contribution in [3.63, 3.8) is 0 Å². The van der Waals surface area contributed by atoms with Gasteiger partial charge in [-0.05, 0) is 37.7 Å². The molecule has 0 bridgehead atoms. The van der Waals surface area contributed by atoms with Gasteiger partial charge in [-0.15, -0.1) is 0 Å². The molecule has 2 N–H and O–H groups in total. The highest BCUT2D eigenvalue weighted by molar-refractivity contribution is 7.71. The van der Waals surface area contributed by atoms with E-state index in [0.29, 0.717) is 17.2 Å². The average Bonchev–Trinajstić information content (AvgIpc) is 2.60. The van der Waals surface area contributed by atoms with Crippen molar-refractivity contribution < 1.29 is 14.6 Å². The highest BCUT2D eigenvalue weighted by Crippen LogP contribution is 2.31. The number of hydrogen-bond donors (Lipinski definition) is 2. The Bertz CT molecular complexity index is 902. The molecule has 1 aromatic heterocycles. The number of ether oxygens (including phenoxy) is 2. The summed E-state index contributed by atoms with van der Waals surface area (Å²) >= 11 is 5.15. The fraction of sp³-hybridized carbons (Fsp3) is 0.353. The molecule has 0 aliphatic rings. The summed E-state index contributed by atoms with van der Waals surface area (Å²) in [4.78, 5) is 19.0. The molecule has 0 spiro atoms. The van der Waals surface area contributed by atoms with E-state index in [4.69, 9.17) is 21.7 Å². The van der Waals surface area contributed by atoms with Gasteiger partial charge in [-0.25, -0.2) is 0 Å². The number of aromatic nitrogens is 2. The first-order valence-electron chi connectivity index (χ1n) is 7.76. The van der Waals surface area contributed by atoms with Crippen LogP contribution in [0.2, 0.25) is 0 Å². The number of aromatic amines is 1. The molecule has 0 radical (unpaired) electrons. The molecular formula is C17H21N3O4S. The minimum Gasteiger partial charge on any atom is -0.497 e. The standard InChI is InChI=1S/C17H21N3O4S/c1-5-10(2)20-16(22)12(15(21)19-17(20)25)9-18-13-8-11(23-3)6-7-14(13)24-4/h6-10,22H,5H2,1-4H3,(H,19,21,25)/t10-/m1/s1. The largest absolute Gasteiger partial charge is 0.497 e. The van der Waals surface area contributed by atoms with Crippen LogP contribution in [0.1, 0.15) is 31.9 Å². The SMILES string of the molecule is CC[C@@H](C)n1c(O)c(C=Nc2cc(OC)ccc2OC)c(=O)[nH]c1=S. The van der Waals surface area contributed by atoms with Crippen LogP contribution in [0, 0.1) is 4.77 Å². The fourth-order valence-electron chi connectivity index (χ4n) is 2.29. The summed E-state index contributed by atoms with van der Waals surface area (Å²) in [6.45, 7) is 3.87. The van der Waals surface area contributed by atoms with E-state index in [1.165, 1.54) is 17.9 Å². The molecule has 1 atom stereocenters. The second kappa shape index (κ2) is 7.98. The molecule has 0 saturated carbocycles. The molecule has 134 valence electrons. The first-order valence-corrected chi connectivity index (χ1v) is 8.17. The second-order valence-corrected chi connectivity index (χ2v) is 5.81. The molecule has 1 aromatic carbocycles. The molecule has 25 heavy (non-hydrogen) atoms. The summed E-state index contributed by atoms with van der Waals surface area (Å²) < 4.78 is 12.1. The average molecular weight is 363 g/mol. The van der Waals surface area contributed by atoms with Crippen molar-refractivity contribution in [1.29, 1.82) is 0 Å². The predicted molar refractivity (Wildman–Crippen MR) is 99.4 cm³/mol. The van der Waals surface area contributed by atoms with E-state index >= 15 is 0 Å². The van der Waals surface area contributed by atoms with Crippen LogP contribution in [0.25, 0.3) is 0 Å². The Balaban J connectivity index is 2.56. The normalized spacial score (nSPS) is 12.3. The number of hydrogen-bond acceptors (Lipinski definition) is 6. The third-order valence-corrected chi connectivity index (χ3v) is 4.20. The van der Waals surface area contributed by atoms with Gasteiger partial charge in [0, 0.05) is 18.3 Å². The highest BCUT2D eigenvalue weighted by Gasteiger charge is 2.15. The van der Waals surface area contributed by atoms with E-state index < -0.39 is 5.56 Å². The zero-order valence-electron chi connectivity index (χ0n) is 14.6. The Kier molecular flexibility index (Phi) is 5.97. The maximum absolute atomic E-state index is 12.2. The topological polar surface area (TPSA) is 88.8 Å². The lowest BCUT2D eigenvalue weighted by molar-refractivity contribution is 0.371. The molecule has 0 unspecified atom stereocenters. The van der Waals surface area contributed by atoms with Crippen LogP contribution in [0.5, 0.6) is 17.4 Å². The van der Waals surface area contributed by atoms with Crippen LogP contribution < -0.4 is 15.0 Å². The quantitative estimate of drug-likeness (QED) is 0.607. The number of H-pyrrole nitrogens is 1. The minimum atomic E-state index is -0.507. The van der Waals surface area contributed by atoms with Gasteiger partial charge in [0.2, 0.25) is 5.88 Å². The number of rotatable bonds is 6. The molecule has 1 heterocycles. The van der Waals surface area contributed by atoms with Gasteiger partial charge in [-0.2, -0.15) is 0 Å². The maximum Gasteiger partial charge on any atom is 0.264 e. The number of aromatic hydroxyl groups is 1. The van der Waals surface area contributed by atoms with E-state index in [2.05, 4.69) is 9.98 Å². The van der Waals surface area contributed by atoms with Crippen LogP contribution in [-0.4, -0.2) is 35.1 Å². The molecule has 8 heteroatoms. The molecular weight excluding hydrogens is 342 g/mol. The summed E-state index contributed by atoms with van der Waals surface area (Å²) in [6.07, 6.45) is 2.04. The van der Waals surface area contributed by atoms with Gasteiger partial charge in [0.25, 0.3) is 5.56 Å². The van der Waals surface area contributed by atoms with E-state index in [1.54, 1.807) is 25.3 Å².